The van der Waals surface area contributed by atoms with E-state index in [-0.39, 0.29) is 11.7 Å². The highest BCUT2D eigenvalue weighted by molar-refractivity contribution is 6.44. The Balaban J connectivity index is 2.15. The molecule has 2 rings (SSSR count). The first-order chi connectivity index (χ1) is 11.4. The zero-order valence-corrected chi connectivity index (χ0v) is 14.1. The van der Waals surface area contributed by atoms with Crippen molar-refractivity contribution in [2.45, 2.75) is 26.2 Å². The number of benzene rings is 2. The van der Waals surface area contributed by atoms with Gasteiger partial charge in [-0.1, -0.05) is 32.0 Å². The molecule has 0 radical (unpaired) electrons. The molecule has 0 bridgehead atoms. The van der Waals surface area contributed by atoms with Crippen molar-refractivity contribution >= 4 is 23.2 Å². The van der Waals surface area contributed by atoms with Crippen LogP contribution in [0.1, 0.15) is 31.7 Å². The molecule has 0 saturated heterocycles. The number of likely N-dealkylation sites (N-methyl/N-ethyl adjacent to an activating group) is 1. The van der Waals surface area contributed by atoms with Crippen LogP contribution >= 0.6 is 0 Å². The van der Waals surface area contributed by atoms with E-state index in [9.17, 15) is 14.7 Å². The predicted octanol–water partition coefficient (Wildman–Crippen LogP) is 3.51. The van der Waals surface area contributed by atoms with Gasteiger partial charge in [0, 0.05) is 18.4 Å². The molecule has 1 atom stereocenters. The molecule has 126 valence electrons. The van der Waals surface area contributed by atoms with E-state index in [1.807, 2.05) is 18.2 Å². The lowest BCUT2D eigenvalue weighted by Crippen LogP contribution is -2.37. The van der Waals surface area contributed by atoms with Gasteiger partial charge in [-0.25, -0.2) is 0 Å². The molecule has 1 unspecified atom stereocenters. The molecular weight excluding hydrogens is 304 g/mol. The SMILES string of the molecule is CCC(C)c1ccccc1NC(=O)C(=O)N(C)c1ccc(O)cc1. The monoisotopic (exact) mass is 326 g/mol. The molecule has 5 nitrogen and oxygen atoms in total. The van der Waals surface area contributed by atoms with Crippen molar-refractivity contribution in [1.82, 2.24) is 0 Å². The van der Waals surface area contributed by atoms with Crippen molar-refractivity contribution in [3.05, 3.63) is 54.1 Å². The Labute approximate surface area is 141 Å². The van der Waals surface area contributed by atoms with Gasteiger partial charge in [0.2, 0.25) is 0 Å². The number of hydrogen-bond donors (Lipinski definition) is 2. The lowest BCUT2D eigenvalue weighted by molar-refractivity contribution is -0.134. The molecule has 5 heteroatoms. The van der Waals surface area contributed by atoms with Crippen LogP contribution in [0.3, 0.4) is 0 Å². The van der Waals surface area contributed by atoms with E-state index in [0.717, 1.165) is 12.0 Å². The number of phenolic OH excluding ortho intramolecular Hbond substituents is 1. The zero-order chi connectivity index (χ0) is 17.7. The minimum atomic E-state index is -0.693. The Morgan fingerprint density at radius 3 is 2.38 bits per heavy atom. The van der Waals surface area contributed by atoms with Crippen molar-refractivity contribution in [2.24, 2.45) is 0 Å². The van der Waals surface area contributed by atoms with Crippen molar-refractivity contribution in [3.8, 4) is 5.75 Å². The summed E-state index contributed by atoms with van der Waals surface area (Å²) in [5, 5.41) is 12.0. The topological polar surface area (TPSA) is 69.6 Å². The maximum atomic E-state index is 12.3. The van der Waals surface area contributed by atoms with Crippen molar-refractivity contribution in [3.63, 3.8) is 0 Å². The van der Waals surface area contributed by atoms with E-state index < -0.39 is 11.8 Å². The third-order valence-corrected chi connectivity index (χ3v) is 4.09. The van der Waals surface area contributed by atoms with Crippen molar-refractivity contribution < 1.29 is 14.7 Å². The number of amides is 2. The Hall–Kier alpha value is -2.82. The molecule has 2 aromatic rings. The average molecular weight is 326 g/mol. The highest BCUT2D eigenvalue weighted by Gasteiger charge is 2.21. The predicted molar refractivity (Wildman–Crippen MR) is 95.3 cm³/mol. The van der Waals surface area contributed by atoms with Gasteiger partial charge in [0.25, 0.3) is 0 Å². The molecule has 0 saturated carbocycles. The summed E-state index contributed by atoms with van der Waals surface area (Å²) < 4.78 is 0. The minimum absolute atomic E-state index is 0.103. The summed E-state index contributed by atoms with van der Waals surface area (Å²) in [5.74, 6) is -0.973. The first kappa shape index (κ1) is 17.5. The van der Waals surface area contributed by atoms with Gasteiger partial charge in [0.1, 0.15) is 5.75 Å². The number of phenols is 1. The second kappa shape index (κ2) is 7.64. The van der Waals surface area contributed by atoms with E-state index in [1.165, 1.54) is 24.1 Å². The second-order valence-corrected chi connectivity index (χ2v) is 5.73. The van der Waals surface area contributed by atoms with E-state index in [2.05, 4.69) is 19.2 Å². The van der Waals surface area contributed by atoms with Crippen LogP contribution in [0.15, 0.2) is 48.5 Å². The highest BCUT2D eigenvalue weighted by atomic mass is 16.3. The Morgan fingerprint density at radius 1 is 1.12 bits per heavy atom. The van der Waals surface area contributed by atoms with E-state index in [0.29, 0.717) is 11.4 Å². The quantitative estimate of drug-likeness (QED) is 0.845. The van der Waals surface area contributed by atoms with Gasteiger partial charge in [-0.15, -0.1) is 0 Å². The second-order valence-electron chi connectivity index (χ2n) is 5.73. The first-order valence-corrected chi connectivity index (χ1v) is 7.91. The largest absolute Gasteiger partial charge is 0.508 e. The van der Waals surface area contributed by atoms with Crippen LogP contribution in [0.2, 0.25) is 0 Å². The Bertz CT molecular complexity index is 726. The molecule has 2 amide bonds. The van der Waals surface area contributed by atoms with Gasteiger partial charge >= 0.3 is 11.8 Å². The molecule has 0 aromatic heterocycles. The molecule has 24 heavy (non-hydrogen) atoms. The van der Waals surface area contributed by atoms with Gasteiger partial charge in [0.15, 0.2) is 0 Å². The third-order valence-electron chi connectivity index (χ3n) is 4.09. The van der Waals surface area contributed by atoms with Crippen molar-refractivity contribution in [1.29, 1.82) is 0 Å². The average Bonchev–Trinajstić information content (AvgIpc) is 2.60. The lowest BCUT2D eigenvalue weighted by Gasteiger charge is -2.19. The fourth-order valence-corrected chi connectivity index (χ4v) is 2.38. The lowest BCUT2D eigenvalue weighted by atomic mass is 9.97. The number of nitrogens with zero attached hydrogens (tertiary/aromatic N) is 1. The number of carbonyl (C=O) groups excluding carboxylic acids is 2. The normalized spacial score (nSPS) is 11.6. The Morgan fingerprint density at radius 2 is 1.75 bits per heavy atom. The van der Waals surface area contributed by atoms with Crippen LogP contribution in [0.4, 0.5) is 11.4 Å². The van der Waals surface area contributed by atoms with Crippen LogP contribution in [-0.2, 0) is 9.59 Å². The van der Waals surface area contributed by atoms with Gasteiger partial charge in [-0.2, -0.15) is 0 Å². The fraction of sp³-hybridized carbons (Fsp3) is 0.263. The summed E-state index contributed by atoms with van der Waals surface area (Å²) in [6, 6.07) is 13.6. The zero-order valence-electron chi connectivity index (χ0n) is 14.1. The van der Waals surface area contributed by atoms with Crippen LogP contribution in [0.5, 0.6) is 5.75 Å². The van der Waals surface area contributed by atoms with Crippen LogP contribution in [-0.4, -0.2) is 24.0 Å². The molecule has 2 N–H and O–H groups in total. The maximum Gasteiger partial charge on any atom is 0.316 e. The fourth-order valence-electron chi connectivity index (χ4n) is 2.38. The number of para-hydroxylation sites is 1. The smallest absolute Gasteiger partial charge is 0.316 e. The highest BCUT2D eigenvalue weighted by Crippen LogP contribution is 2.26. The summed E-state index contributed by atoms with van der Waals surface area (Å²) >= 11 is 0. The molecule has 2 aromatic carbocycles. The molecular formula is C19H22N2O3. The van der Waals surface area contributed by atoms with Gasteiger partial charge in [0.05, 0.1) is 0 Å². The van der Waals surface area contributed by atoms with Crippen LogP contribution in [0.25, 0.3) is 0 Å². The third kappa shape index (κ3) is 3.93. The summed E-state index contributed by atoms with van der Waals surface area (Å²) in [4.78, 5) is 25.9. The minimum Gasteiger partial charge on any atom is -0.508 e. The summed E-state index contributed by atoms with van der Waals surface area (Å²) in [5.41, 5.74) is 2.20. The molecule has 0 aliphatic heterocycles. The molecule has 0 heterocycles. The first-order valence-electron chi connectivity index (χ1n) is 7.91. The molecule has 0 aliphatic rings. The number of rotatable bonds is 4. The number of anilines is 2. The van der Waals surface area contributed by atoms with Gasteiger partial charge in [-0.3, -0.25) is 9.59 Å². The number of carbonyl (C=O) groups is 2. The van der Waals surface area contributed by atoms with Gasteiger partial charge < -0.3 is 15.3 Å². The molecule has 0 spiro atoms. The summed E-state index contributed by atoms with van der Waals surface area (Å²) in [7, 11) is 1.52. The van der Waals surface area contributed by atoms with Crippen LogP contribution < -0.4 is 10.2 Å². The number of aromatic hydroxyl groups is 1. The van der Waals surface area contributed by atoms with E-state index in [1.54, 1.807) is 18.2 Å². The number of hydrogen-bond acceptors (Lipinski definition) is 3. The summed E-state index contributed by atoms with van der Waals surface area (Å²) in [6.07, 6.45) is 0.939. The van der Waals surface area contributed by atoms with Crippen LogP contribution in [0, 0.1) is 0 Å². The number of nitrogens with one attached hydrogen (secondary N) is 1. The van der Waals surface area contributed by atoms with E-state index in [4.69, 9.17) is 0 Å². The Kier molecular flexibility index (Phi) is 5.58. The van der Waals surface area contributed by atoms with Gasteiger partial charge in [-0.05, 0) is 48.2 Å². The molecule has 0 aliphatic carbocycles. The maximum absolute atomic E-state index is 12.3. The standard InChI is InChI=1S/C19H22N2O3/c1-4-13(2)16-7-5-6-8-17(16)20-18(23)19(24)21(3)14-9-11-15(22)12-10-14/h5-13,22H,4H2,1-3H3,(H,20,23). The van der Waals surface area contributed by atoms with E-state index >= 15 is 0 Å². The summed E-state index contributed by atoms with van der Waals surface area (Å²) in [6.45, 7) is 4.16. The van der Waals surface area contributed by atoms with Crippen molar-refractivity contribution in [2.75, 3.05) is 17.3 Å². The molecule has 0 fully saturated rings.